The molecule has 0 saturated carbocycles. The Balaban J connectivity index is 1.40. The molecule has 4 aromatic heterocycles. The van der Waals surface area contributed by atoms with Gasteiger partial charge >= 0.3 is 12.1 Å². The summed E-state index contributed by atoms with van der Waals surface area (Å²) in [5.74, 6) is 0.151. The second-order valence-corrected chi connectivity index (χ2v) is 7.06. The lowest BCUT2D eigenvalue weighted by Crippen LogP contribution is -2.21. The molecule has 0 aliphatic carbocycles. The van der Waals surface area contributed by atoms with Crippen molar-refractivity contribution in [3.8, 4) is 28.3 Å². The lowest BCUT2D eigenvalue weighted by Gasteiger charge is -2.09. The summed E-state index contributed by atoms with van der Waals surface area (Å²) in [5, 5.41) is 8.29. The van der Waals surface area contributed by atoms with Gasteiger partial charge in [0, 0.05) is 18.5 Å². The maximum atomic E-state index is 12.9. The first-order chi connectivity index (χ1) is 15.9. The molecule has 0 bridgehead atoms. The predicted octanol–water partition coefficient (Wildman–Crippen LogP) is 4.16. The number of fused-ring (bicyclic) bond motifs is 1. The second-order valence-electron chi connectivity index (χ2n) is 7.06. The molecule has 0 fully saturated rings. The van der Waals surface area contributed by atoms with Crippen molar-refractivity contribution in [2.24, 2.45) is 0 Å². The third-order valence-corrected chi connectivity index (χ3v) is 4.79. The number of nitrogens with zero attached hydrogens (tertiary/aromatic N) is 5. The molecule has 0 amide bonds. The van der Waals surface area contributed by atoms with Gasteiger partial charge in [-0.05, 0) is 47.5 Å². The minimum atomic E-state index is -4.76. The van der Waals surface area contributed by atoms with Crippen molar-refractivity contribution in [3.63, 3.8) is 0 Å². The van der Waals surface area contributed by atoms with Gasteiger partial charge < -0.3 is 9.26 Å². The minimum Gasteiger partial charge on any atom is -0.406 e. The van der Waals surface area contributed by atoms with Crippen LogP contribution >= 0.6 is 0 Å². The number of rotatable bonds is 5. The van der Waals surface area contributed by atoms with Gasteiger partial charge in [-0.1, -0.05) is 23.4 Å². The molecule has 8 nitrogen and oxygen atoms in total. The van der Waals surface area contributed by atoms with Gasteiger partial charge in [-0.3, -0.25) is 4.98 Å². The van der Waals surface area contributed by atoms with Gasteiger partial charge in [-0.15, -0.1) is 18.3 Å². The summed E-state index contributed by atoms with van der Waals surface area (Å²) in [4.78, 5) is 17.0. The van der Waals surface area contributed by atoms with Crippen LogP contribution in [0.25, 0.3) is 28.2 Å². The molecule has 33 heavy (non-hydrogen) atoms. The number of halogens is 3. The van der Waals surface area contributed by atoms with Gasteiger partial charge in [0.2, 0.25) is 0 Å². The van der Waals surface area contributed by atoms with Gasteiger partial charge in [-0.2, -0.15) is 0 Å². The van der Waals surface area contributed by atoms with Crippen LogP contribution in [-0.4, -0.2) is 30.7 Å². The first-order valence-corrected chi connectivity index (χ1v) is 9.68. The summed E-state index contributed by atoms with van der Waals surface area (Å²) in [6.07, 6.45) is -1.55. The van der Waals surface area contributed by atoms with Gasteiger partial charge in [0.15, 0.2) is 11.4 Å². The zero-order valence-corrected chi connectivity index (χ0v) is 16.7. The molecule has 11 heteroatoms. The summed E-state index contributed by atoms with van der Waals surface area (Å²) in [6, 6.07) is 15.8. The second kappa shape index (κ2) is 7.93. The normalized spacial score (nSPS) is 11.7. The molecule has 166 valence electrons. The van der Waals surface area contributed by atoms with E-state index in [-0.39, 0.29) is 12.3 Å². The fraction of sp³-hybridized carbons (Fsp3) is 0.0909. The molecule has 5 aromatic rings. The fourth-order valence-electron chi connectivity index (χ4n) is 3.31. The Kier molecular flexibility index (Phi) is 4.93. The van der Waals surface area contributed by atoms with Crippen LogP contribution in [0.5, 0.6) is 5.75 Å². The Labute approximate surface area is 183 Å². The van der Waals surface area contributed by atoms with Crippen LogP contribution in [-0.2, 0) is 6.54 Å². The van der Waals surface area contributed by atoms with Crippen molar-refractivity contribution in [3.05, 3.63) is 89.2 Å². The summed E-state index contributed by atoms with van der Waals surface area (Å²) in [5.41, 5.74) is 2.38. The fourth-order valence-corrected chi connectivity index (χ4v) is 3.31. The standard InChI is InChI=1S/C22H14F3N5O3/c23-22(24,25)32-17-7-4-14(5-8-17)15-6-9-20-27-30(21(31)29(20)12-15)13-16-11-19(33-28-16)18-3-1-2-10-26-18/h1-12H,13H2. The molecule has 1 aromatic carbocycles. The molecule has 0 unspecified atom stereocenters. The summed E-state index contributed by atoms with van der Waals surface area (Å²) in [6.45, 7) is 0.0929. The molecular weight excluding hydrogens is 439 g/mol. The summed E-state index contributed by atoms with van der Waals surface area (Å²) in [7, 11) is 0. The Morgan fingerprint density at radius 3 is 2.52 bits per heavy atom. The van der Waals surface area contributed by atoms with Crippen molar-refractivity contribution < 1.29 is 22.4 Å². The molecule has 5 rings (SSSR count). The Morgan fingerprint density at radius 1 is 1.00 bits per heavy atom. The summed E-state index contributed by atoms with van der Waals surface area (Å²) < 4.78 is 48.8. The van der Waals surface area contributed by atoms with Crippen molar-refractivity contribution in [2.75, 3.05) is 0 Å². The number of alkyl halides is 3. The summed E-state index contributed by atoms with van der Waals surface area (Å²) >= 11 is 0. The van der Waals surface area contributed by atoms with Crippen molar-refractivity contribution >= 4 is 5.65 Å². The van der Waals surface area contributed by atoms with Crippen LogP contribution in [0.2, 0.25) is 0 Å². The first-order valence-electron chi connectivity index (χ1n) is 9.68. The lowest BCUT2D eigenvalue weighted by atomic mass is 10.1. The largest absolute Gasteiger partial charge is 0.573 e. The van der Waals surface area contributed by atoms with Crippen LogP contribution in [0, 0.1) is 0 Å². The molecular formula is C22H14F3N5O3. The number of pyridine rings is 2. The van der Waals surface area contributed by atoms with Crippen molar-refractivity contribution in [2.45, 2.75) is 12.9 Å². The average Bonchev–Trinajstić information content (AvgIpc) is 3.39. The zero-order chi connectivity index (χ0) is 23.0. The third kappa shape index (κ3) is 4.33. The van der Waals surface area contributed by atoms with E-state index in [1.165, 1.54) is 33.3 Å². The van der Waals surface area contributed by atoms with Gasteiger partial charge in [0.25, 0.3) is 0 Å². The Hall–Kier alpha value is -4.41. The lowest BCUT2D eigenvalue weighted by molar-refractivity contribution is -0.274. The molecule has 0 spiro atoms. The van der Waals surface area contributed by atoms with Crippen LogP contribution in [0.15, 0.2) is 82.4 Å². The van der Waals surface area contributed by atoms with E-state index in [9.17, 15) is 18.0 Å². The highest BCUT2D eigenvalue weighted by molar-refractivity contribution is 5.65. The van der Waals surface area contributed by atoms with Gasteiger partial charge in [0.05, 0.1) is 6.54 Å². The number of benzene rings is 1. The van der Waals surface area contributed by atoms with E-state index in [1.807, 2.05) is 6.07 Å². The van der Waals surface area contributed by atoms with E-state index < -0.39 is 12.1 Å². The quantitative estimate of drug-likeness (QED) is 0.397. The SMILES string of the molecule is O=c1n(Cc2cc(-c3ccccn3)on2)nc2ccc(-c3ccc(OC(F)(F)F)cc3)cn12. The van der Waals surface area contributed by atoms with Crippen LogP contribution in [0.4, 0.5) is 13.2 Å². The van der Waals surface area contributed by atoms with E-state index in [0.29, 0.717) is 33.9 Å². The Bertz CT molecular complexity index is 1470. The average molecular weight is 453 g/mol. The first kappa shape index (κ1) is 20.5. The van der Waals surface area contributed by atoms with E-state index in [0.717, 1.165) is 0 Å². The van der Waals surface area contributed by atoms with Gasteiger partial charge in [0.1, 0.15) is 17.1 Å². The highest BCUT2D eigenvalue weighted by Crippen LogP contribution is 2.26. The zero-order valence-electron chi connectivity index (χ0n) is 16.7. The van der Waals surface area contributed by atoms with Crippen molar-refractivity contribution in [1.29, 1.82) is 0 Å². The molecule has 0 aliphatic rings. The van der Waals surface area contributed by atoms with Crippen LogP contribution in [0.3, 0.4) is 0 Å². The van der Waals surface area contributed by atoms with Crippen molar-refractivity contribution in [1.82, 2.24) is 24.3 Å². The molecule has 0 atom stereocenters. The Morgan fingerprint density at radius 2 is 1.79 bits per heavy atom. The van der Waals surface area contributed by atoms with Crippen LogP contribution < -0.4 is 10.4 Å². The maximum Gasteiger partial charge on any atom is 0.573 e. The maximum absolute atomic E-state index is 12.9. The van der Waals surface area contributed by atoms with Crippen LogP contribution in [0.1, 0.15) is 5.69 Å². The molecule has 0 N–H and O–H groups in total. The predicted molar refractivity (Wildman–Crippen MR) is 110 cm³/mol. The number of aromatic nitrogens is 5. The van der Waals surface area contributed by atoms with Gasteiger partial charge in [-0.25, -0.2) is 13.9 Å². The van der Waals surface area contributed by atoms with E-state index in [1.54, 1.807) is 42.7 Å². The highest BCUT2D eigenvalue weighted by Gasteiger charge is 2.31. The molecule has 0 saturated heterocycles. The molecule has 0 aliphatic heterocycles. The van der Waals surface area contributed by atoms with E-state index in [2.05, 4.69) is 20.0 Å². The minimum absolute atomic E-state index is 0.0929. The highest BCUT2D eigenvalue weighted by atomic mass is 19.4. The monoisotopic (exact) mass is 453 g/mol. The number of hydrogen-bond donors (Lipinski definition) is 0. The number of ether oxygens (including phenoxy) is 1. The molecule has 4 heterocycles. The third-order valence-electron chi connectivity index (χ3n) is 4.79. The molecule has 0 radical (unpaired) electrons. The number of hydrogen-bond acceptors (Lipinski definition) is 6. The smallest absolute Gasteiger partial charge is 0.406 e. The van der Waals surface area contributed by atoms with E-state index >= 15 is 0 Å². The van der Waals surface area contributed by atoms with E-state index in [4.69, 9.17) is 4.52 Å². The topological polar surface area (TPSA) is 87.5 Å².